The molecular formula is C15H13BrFN3O. The third kappa shape index (κ3) is 1.85. The standard InChI is InChI=1S/C15H13BrFN3O/c16-10-3-4-12(17)11(7-10)15(9-1-2-9)13-5-6-18-20(13)8-14(21)19-15/h3-7,9H,1-2,8H2,(H,19,21). The first-order valence-corrected chi connectivity index (χ1v) is 7.69. The minimum absolute atomic E-state index is 0.127. The molecule has 1 fully saturated rings. The van der Waals surface area contributed by atoms with E-state index in [1.165, 1.54) is 6.07 Å². The van der Waals surface area contributed by atoms with Crippen molar-refractivity contribution in [2.75, 3.05) is 0 Å². The Morgan fingerprint density at radius 3 is 2.95 bits per heavy atom. The van der Waals surface area contributed by atoms with E-state index < -0.39 is 5.54 Å². The zero-order valence-electron chi connectivity index (χ0n) is 11.1. The van der Waals surface area contributed by atoms with Gasteiger partial charge in [-0.3, -0.25) is 9.48 Å². The third-order valence-electron chi connectivity index (χ3n) is 4.29. The number of rotatable bonds is 2. The average Bonchev–Trinajstić information content (AvgIpc) is 3.20. The van der Waals surface area contributed by atoms with Gasteiger partial charge in [-0.15, -0.1) is 0 Å². The van der Waals surface area contributed by atoms with E-state index in [1.807, 2.05) is 6.07 Å². The highest BCUT2D eigenvalue weighted by Crippen LogP contribution is 2.51. The Hall–Kier alpha value is -1.69. The van der Waals surface area contributed by atoms with E-state index in [0.29, 0.717) is 5.56 Å². The lowest BCUT2D eigenvalue weighted by Gasteiger charge is -2.39. The van der Waals surface area contributed by atoms with Gasteiger partial charge in [-0.05, 0) is 43.0 Å². The lowest BCUT2D eigenvalue weighted by molar-refractivity contribution is -0.125. The quantitative estimate of drug-likeness (QED) is 0.905. The number of benzene rings is 1. The van der Waals surface area contributed by atoms with Crippen molar-refractivity contribution in [1.29, 1.82) is 0 Å². The first kappa shape index (κ1) is 13.0. The maximum Gasteiger partial charge on any atom is 0.242 e. The molecule has 4 rings (SSSR count). The zero-order chi connectivity index (χ0) is 14.6. The fraction of sp³-hybridized carbons (Fsp3) is 0.333. The summed E-state index contributed by atoms with van der Waals surface area (Å²) in [5.74, 6) is -0.224. The van der Waals surface area contributed by atoms with E-state index in [4.69, 9.17) is 0 Å². The molecule has 0 saturated heterocycles. The van der Waals surface area contributed by atoms with Crippen molar-refractivity contribution in [1.82, 2.24) is 15.1 Å². The summed E-state index contributed by atoms with van der Waals surface area (Å²) < 4.78 is 17.0. The highest BCUT2D eigenvalue weighted by molar-refractivity contribution is 9.10. The highest BCUT2D eigenvalue weighted by atomic mass is 79.9. The second kappa shape index (κ2) is 4.40. The number of hydrogen-bond acceptors (Lipinski definition) is 2. The first-order chi connectivity index (χ1) is 10.1. The molecule has 1 saturated carbocycles. The normalized spacial score (nSPS) is 24.6. The molecule has 21 heavy (non-hydrogen) atoms. The van der Waals surface area contributed by atoms with Crippen LogP contribution in [-0.2, 0) is 16.9 Å². The summed E-state index contributed by atoms with van der Waals surface area (Å²) in [7, 11) is 0. The molecule has 2 heterocycles. The molecule has 2 aromatic rings. The second-order valence-corrected chi connectivity index (χ2v) is 6.54. The van der Waals surface area contributed by atoms with Gasteiger partial charge < -0.3 is 5.32 Å². The van der Waals surface area contributed by atoms with E-state index in [9.17, 15) is 9.18 Å². The summed E-state index contributed by atoms with van der Waals surface area (Å²) >= 11 is 3.40. The fourth-order valence-electron chi connectivity index (χ4n) is 3.31. The summed E-state index contributed by atoms with van der Waals surface area (Å²) in [6, 6.07) is 6.74. The highest BCUT2D eigenvalue weighted by Gasteiger charge is 2.53. The van der Waals surface area contributed by atoms with Crippen LogP contribution in [0.3, 0.4) is 0 Å². The Morgan fingerprint density at radius 2 is 2.19 bits per heavy atom. The monoisotopic (exact) mass is 349 g/mol. The van der Waals surface area contributed by atoms with Gasteiger partial charge in [-0.25, -0.2) is 4.39 Å². The number of fused-ring (bicyclic) bond motifs is 1. The molecular weight excluding hydrogens is 337 g/mol. The Labute approximate surface area is 129 Å². The largest absolute Gasteiger partial charge is 0.339 e. The number of nitrogens with zero attached hydrogens (tertiary/aromatic N) is 2. The summed E-state index contributed by atoms with van der Waals surface area (Å²) in [5.41, 5.74) is 0.565. The van der Waals surface area contributed by atoms with Gasteiger partial charge in [0.15, 0.2) is 0 Å². The fourth-order valence-corrected chi connectivity index (χ4v) is 3.67. The van der Waals surface area contributed by atoms with Gasteiger partial charge in [0.1, 0.15) is 17.9 Å². The van der Waals surface area contributed by atoms with Crippen LogP contribution < -0.4 is 5.32 Å². The van der Waals surface area contributed by atoms with Crippen LogP contribution in [0.15, 0.2) is 34.9 Å². The molecule has 0 spiro atoms. The predicted molar refractivity (Wildman–Crippen MR) is 78.0 cm³/mol. The molecule has 1 aliphatic carbocycles. The van der Waals surface area contributed by atoms with Crippen molar-refractivity contribution in [3.63, 3.8) is 0 Å². The molecule has 4 nitrogen and oxygen atoms in total. The van der Waals surface area contributed by atoms with E-state index in [1.54, 1.807) is 23.0 Å². The summed E-state index contributed by atoms with van der Waals surface area (Å²) in [6.45, 7) is 0.187. The van der Waals surface area contributed by atoms with Crippen molar-refractivity contribution in [3.8, 4) is 0 Å². The van der Waals surface area contributed by atoms with Crippen molar-refractivity contribution in [2.45, 2.75) is 24.9 Å². The smallest absolute Gasteiger partial charge is 0.242 e. The van der Waals surface area contributed by atoms with Crippen LogP contribution in [0.25, 0.3) is 0 Å². The van der Waals surface area contributed by atoms with Crippen molar-refractivity contribution in [3.05, 3.63) is 52.0 Å². The zero-order valence-corrected chi connectivity index (χ0v) is 12.7. The van der Waals surface area contributed by atoms with Crippen LogP contribution in [0.1, 0.15) is 24.1 Å². The maximum absolute atomic E-state index is 14.5. The van der Waals surface area contributed by atoms with Crippen LogP contribution in [0, 0.1) is 11.7 Å². The van der Waals surface area contributed by atoms with E-state index >= 15 is 0 Å². The Balaban J connectivity index is 2.01. The predicted octanol–water partition coefficient (Wildman–Crippen LogP) is 2.57. The number of carbonyl (C=O) groups excluding carboxylic acids is 1. The number of halogens is 2. The average molecular weight is 350 g/mol. The van der Waals surface area contributed by atoms with E-state index in [2.05, 4.69) is 26.3 Å². The molecule has 1 aromatic carbocycles. The SMILES string of the molecule is O=C1Cn2nccc2C(c2cc(Br)ccc2F)(C2CC2)N1. The summed E-state index contributed by atoms with van der Waals surface area (Å²) in [6.07, 6.45) is 3.61. The summed E-state index contributed by atoms with van der Waals surface area (Å²) in [4.78, 5) is 12.1. The Kier molecular flexibility index (Phi) is 2.73. The van der Waals surface area contributed by atoms with Crippen LogP contribution in [0.4, 0.5) is 4.39 Å². The van der Waals surface area contributed by atoms with Gasteiger partial charge in [0.05, 0.1) is 5.69 Å². The van der Waals surface area contributed by atoms with E-state index in [-0.39, 0.29) is 24.2 Å². The number of amides is 1. The van der Waals surface area contributed by atoms with Gasteiger partial charge in [0, 0.05) is 16.2 Å². The molecule has 108 valence electrons. The molecule has 6 heteroatoms. The van der Waals surface area contributed by atoms with Gasteiger partial charge >= 0.3 is 0 Å². The second-order valence-electron chi connectivity index (χ2n) is 5.63. The molecule has 1 amide bonds. The number of carbonyl (C=O) groups is 1. The van der Waals surface area contributed by atoms with Gasteiger partial charge in [0.2, 0.25) is 5.91 Å². The third-order valence-corrected chi connectivity index (χ3v) is 4.79. The minimum atomic E-state index is -0.806. The molecule has 2 aliphatic rings. The topological polar surface area (TPSA) is 46.9 Å². The van der Waals surface area contributed by atoms with Crippen molar-refractivity contribution in [2.24, 2.45) is 5.92 Å². The number of hydrogen-bond donors (Lipinski definition) is 1. The Morgan fingerprint density at radius 1 is 1.38 bits per heavy atom. The van der Waals surface area contributed by atoms with Crippen LogP contribution in [0.2, 0.25) is 0 Å². The van der Waals surface area contributed by atoms with Crippen LogP contribution in [0.5, 0.6) is 0 Å². The van der Waals surface area contributed by atoms with Gasteiger partial charge in [-0.1, -0.05) is 15.9 Å². The van der Waals surface area contributed by atoms with Gasteiger partial charge in [-0.2, -0.15) is 5.10 Å². The van der Waals surface area contributed by atoms with Crippen molar-refractivity contribution >= 4 is 21.8 Å². The first-order valence-electron chi connectivity index (χ1n) is 6.90. The molecule has 1 aromatic heterocycles. The Bertz CT molecular complexity index is 740. The van der Waals surface area contributed by atoms with Crippen LogP contribution >= 0.6 is 15.9 Å². The molecule has 1 N–H and O–H groups in total. The van der Waals surface area contributed by atoms with E-state index in [0.717, 1.165) is 23.0 Å². The van der Waals surface area contributed by atoms with Crippen LogP contribution in [-0.4, -0.2) is 15.7 Å². The minimum Gasteiger partial charge on any atom is -0.339 e. The molecule has 0 bridgehead atoms. The molecule has 1 atom stereocenters. The number of aromatic nitrogens is 2. The van der Waals surface area contributed by atoms with Gasteiger partial charge in [0.25, 0.3) is 0 Å². The molecule has 1 unspecified atom stereocenters. The summed E-state index contributed by atoms with van der Waals surface area (Å²) in [5, 5.41) is 7.27. The lowest BCUT2D eigenvalue weighted by atomic mass is 9.80. The molecule has 0 radical (unpaired) electrons. The van der Waals surface area contributed by atoms with Crippen molar-refractivity contribution < 1.29 is 9.18 Å². The number of nitrogens with one attached hydrogen (secondary N) is 1. The lowest BCUT2D eigenvalue weighted by Crippen LogP contribution is -2.55. The maximum atomic E-state index is 14.5. The molecule has 1 aliphatic heterocycles.